The quantitative estimate of drug-likeness (QED) is 0.395. The van der Waals surface area contributed by atoms with Gasteiger partial charge in [0.25, 0.3) is 5.56 Å². The number of ether oxygens (including phenoxy) is 1. The van der Waals surface area contributed by atoms with Crippen LogP contribution >= 0.6 is 0 Å². The Morgan fingerprint density at radius 3 is 2.47 bits per heavy atom. The molecule has 0 saturated carbocycles. The van der Waals surface area contributed by atoms with Crippen molar-refractivity contribution in [3.05, 3.63) is 106 Å². The molecule has 0 atom stereocenters. The molecule has 174 valence electrons. The number of hydrogen-bond acceptors (Lipinski definition) is 4. The number of carbonyl (C=O) groups excluding carboxylic acids is 1. The zero-order valence-electron chi connectivity index (χ0n) is 19.5. The van der Waals surface area contributed by atoms with E-state index in [1.165, 1.54) is 10.1 Å². The molecular formula is C28H29N3O3. The molecule has 0 aliphatic rings. The van der Waals surface area contributed by atoms with Crippen LogP contribution in [-0.2, 0) is 24.3 Å². The molecule has 4 aromatic rings. The maximum atomic E-state index is 13.4. The first-order chi connectivity index (χ1) is 16.5. The number of aryl methyl sites for hydroxylation is 1. The normalized spacial score (nSPS) is 10.8. The van der Waals surface area contributed by atoms with Crippen molar-refractivity contribution in [2.45, 2.75) is 26.4 Å². The third kappa shape index (κ3) is 5.64. The summed E-state index contributed by atoms with van der Waals surface area (Å²) in [4.78, 5) is 26.1. The number of benzene rings is 3. The number of hydrogen-bond donors (Lipinski definition) is 2. The van der Waals surface area contributed by atoms with Crippen molar-refractivity contribution in [3.8, 4) is 5.75 Å². The molecule has 1 heterocycles. The third-order valence-corrected chi connectivity index (χ3v) is 5.79. The fraction of sp³-hybridized carbons (Fsp3) is 0.214. The van der Waals surface area contributed by atoms with E-state index in [1.807, 2.05) is 79.7 Å². The van der Waals surface area contributed by atoms with Gasteiger partial charge in [-0.15, -0.1) is 0 Å². The van der Waals surface area contributed by atoms with E-state index in [9.17, 15) is 9.59 Å². The van der Waals surface area contributed by atoms with Crippen molar-refractivity contribution >= 4 is 22.5 Å². The lowest BCUT2D eigenvalue weighted by Crippen LogP contribution is -2.35. The number of rotatable bonds is 9. The third-order valence-electron chi connectivity index (χ3n) is 5.79. The Morgan fingerprint density at radius 1 is 0.971 bits per heavy atom. The molecule has 0 unspecified atom stereocenters. The SMILES string of the molecule is COc1ccc2cc(CNc3ccc(C)cc3)c(=O)n(CC(=O)NCCc3ccccc3)c2c1. The second-order valence-corrected chi connectivity index (χ2v) is 8.29. The van der Waals surface area contributed by atoms with Crippen LogP contribution in [0.1, 0.15) is 16.7 Å². The van der Waals surface area contributed by atoms with E-state index >= 15 is 0 Å². The van der Waals surface area contributed by atoms with Crippen LogP contribution in [-0.4, -0.2) is 24.1 Å². The minimum Gasteiger partial charge on any atom is -0.497 e. The summed E-state index contributed by atoms with van der Waals surface area (Å²) in [6, 6.07) is 25.4. The summed E-state index contributed by atoms with van der Waals surface area (Å²) in [6.45, 7) is 2.84. The van der Waals surface area contributed by atoms with Gasteiger partial charge in [-0.1, -0.05) is 48.0 Å². The average Bonchev–Trinajstić information content (AvgIpc) is 2.86. The number of anilines is 1. The van der Waals surface area contributed by atoms with E-state index in [1.54, 1.807) is 13.2 Å². The van der Waals surface area contributed by atoms with Crippen LogP contribution in [0.3, 0.4) is 0 Å². The van der Waals surface area contributed by atoms with Gasteiger partial charge in [0.05, 0.1) is 12.6 Å². The summed E-state index contributed by atoms with van der Waals surface area (Å²) in [7, 11) is 1.58. The molecule has 1 amide bonds. The minimum absolute atomic E-state index is 0.0599. The van der Waals surface area contributed by atoms with Crippen LogP contribution in [0.4, 0.5) is 5.69 Å². The van der Waals surface area contributed by atoms with Gasteiger partial charge in [0.15, 0.2) is 0 Å². The number of nitrogens with zero attached hydrogens (tertiary/aromatic N) is 1. The summed E-state index contributed by atoms with van der Waals surface area (Å²) >= 11 is 0. The summed E-state index contributed by atoms with van der Waals surface area (Å²) < 4.78 is 6.88. The number of methoxy groups -OCH3 is 1. The predicted octanol–water partition coefficient (Wildman–Crippen LogP) is 4.29. The van der Waals surface area contributed by atoms with E-state index in [-0.39, 0.29) is 18.0 Å². The fourth-order valence-corrected chi connectivity index (χ4v) is 3.88. The largest absolute Gasteiger partial charge is 0.497 e. The first-order valence-electron chi connectivity index (χ1n) is 11.3. The lowest BCUT2D eigenvalue weighted by Gasteiger charge is -2.15. The molecule has 3 aromatic carbocycles. The van der Waals surface area contributed by atoms with Gasteiger partial charge >= 0.3 is 0 Å². The van der Waals surface area contributed by atoms with E-state index in [0.717, 1.165) is 23.1 Å². The van der Waals surface area contributed by atoms with Gasteiger partial charge in [-0.2, -0.15) is 0 Å². The maximum Gasteiger partial charge on any atom is 0.256 e. The molecule has 0 radical (unpaired) electrons. The molecule has 6 nitrogen and oxygen atoms in total. The highest BCUT2D eigenvalue weighted by atomic mass is 16.5. The van der Waals surface area contributed by atoms with Gasteiger partial charge in [-0.05, 0) is 54.6 Å². The van der Waals surface area contributed by atoms with Crippen LogP contribution in [0.5, 0.6) is 5.75 Å². The average molecular weight is 456 g/mol. The second-order valence-electron chi connectivity index (χ2n) is 8.29. The molecule has 1 aromatic heterocycles. The smallest absolute Gasteiger partial charge is 0.256 e. The number of fused-ring (bicyclic) bond motifs is 1. The van der Waals surface area contributed by atoms with Crippen LogP contribution in [0.25, 0.3) is 10.9 Å². The number of pyridine rings is 1. The van der Waals surface area contributed by atoms with E-state index in [0.29, 0.717) is 29.9 Å². The van der Waals surface area contributed by atoms with Crippen molar-refractivity contribution in [2.24, 2.45) is 0 Å². The van der Waals surface area contributed by atoms with E-state index in [2.05, 4.69) is 10.6 Å². The lowest BCUT2D eigenvalue weighted by molar-refractivity contribution is -0.121. The molecule has 0 bridgehead atoms. The van der Waals surface area contributed by atoms with Crippen LogP contribution in [0.15, 0.2) is 83.7 Å². The molecule has 0 saturated heterocycles. The van der Waals surface area contributed by atoms with Crippen molar-refractivity contribution in [1.29, 1.82) is 0 Å². The van der Waals surface area contributed by atoms with Gasteiger partial charge in [0.2, 0.25) is 5.91 Å². The van der Waals surface area contributed by atoms with Crippen molar-refractivity contribution < 1.29 is 9.53 Å². The second kappa shape index (κ2) is 10.7. The Bertz CT molecular complexity index is 1330. The molecule has 4 rings (SSSR count). The van der Waals surface area contributed by atoms with E-state index < -0.39 is 0 Å². The van der Waals surface area contributed by atoms with Gasteiger partial charge in [-0.25, -0.2) is 0 Å². The molecule has 0 aliphatic heterocycles. The molecular weight excluding hydrogens is 426 g/mol. The Balaban J connectivity index is 1.56. The van der Waals surface area contributed by atoms with Crippen LogP contribution in [0, 0.1) is 6.92 Å². The molecule has 0 fully saturated rings. The fourth-order valence-electron chi connectivity index (χ4n) is 3.88. The van der Waals surface area contributed by atoms with Crippen LogP contribution < -0.4 is 20.9 Å². The number of nitrogens with one attached hydrogen (secondary N) is 2. The Hall–Kier alpha value is -4.06. The monoisotopic (exact) mass is 455 g/mol. The van der Waals surface area contributed by atoms with Crippen molar-refractivity contribution in [3.63, 3.8) is 0 Å². The first-order valence-corrected chi connectivity index (χ1v) is 11.3. The standard InChI is InChI=1S/C28H29N3O3/c1-20-8-11-24(12-9-20)30-18-23-16-22-10-13-25(34-2)17-26(22)31(28(23)33)19-27(32)29-15-14-21-6-4-3-5-7-21/h3-13,16-17,30H,14-15,18-19H2,1-2H3,(H,29,32). The number of aromatic nitrogens is 1. The molecule has 0 aliphatic carbocycles. The topological polar surface area (TPSA) is 72.4 Å². The lowest BCUT2D eigenvalue weighted by atomic mass is 10.1. The maximum absolute atomic E-state index is 13.4. The Labute approximate surface area is 199 Å². The van der Waals surface area contributed by atoms with Gasteiger partial charge in [-0.3, -0.25) is 14.2 Å². The molecule has 2 N–H and O–H groups in total. The van der Waals surface area contributed by atoms with Gasteiger partial charge in [0, 0.05) is 30.4 Å². The highest BCUT2D eigenvalue weighted by molar-refractivity contribution is 5.84. The summed E-state index contributed by atoms with van der Waals surface area (Å²) in [6.07, 6.45) is 0.733. The predicted molar refractivity (Wildman–Crippen MR) is 136 cm³/mol. The summed E-state index contributed by atoms with van der Waals surface area (Å²) in [5, 5.41) is 7.12. The number of amides is 1. The molecule has 0 spiro atoms. The molecule has 34 heavy (non-hydrogen) atoms. The highest BCUT2D eigenvalue weighted by Crippen LogP contribution is 2.21. The highest BCUT2D eigenvalue weighted by Gasteiger charge is 2.13. The first kappa shape index (κ1) is 23.1. The van der Waals surface area contributed by atoms with Crippen LogP contribution in [0.2, 0.25) is 0 Å². The van der Waals surface area contributed by atoms with Crippen molar-refractivity contribution in [2.75, 3.05) is 19.0 Å². The Kier molecular flexibility index (Phi) is 7.28. The minimum atomic E-state index is -0.203. The van der Waals surface area contributed by atoms with Gasteiger partial charge in [0.1, 0.15) is 12.3 Å². The zero-order valence-corrected chi connectivity index (χ0v) is 19.5. The van der Waals surface area contributed by atoms with Gasteiger partial charge < -0.3 is 15.4 Å². The summed E-state index contributed by atoms with van der Waals surface area (Å²) in [5.74, 6) is 0.432. The summed E-state index contributed by atoms with van der Waals surface area (Å²) in [5.41, 5.74) is 4.32. The molecule has 6 heteroatoms. The van der Waals surface area contributed by atoms with Crippen molar-refractivity contribution in [1.82, 2.24) is 9.88 Å². The number of carbonyl (C=O) groups is 1. The van der Waals surface area contributed by atoms with E-state index in [4.69, 9.17) is 4.74 Å². The Morgan fingerprint density at radius 2 is 1.74 bits per heavy atom. The zero-order chi connectivity index (χ0) is 23.9.